The fraction of sp³-hybridized carbons (Fsp3) is 0.818. The molecule has 41 heavy (non-hydrogen) atoms. The van der Waals surface area contributed by atoms with Crippen LogP contribution in [0.1, 0.15) is 117 Å². The molecule has 8 nitrogen and oxygen atoms in total. The third-order valence-electron chi connectivity index (χ3n) is 7.78. The third-order valence-corrected chi connectivity index (χ3v) is 7.78. The molecule has 0 bridgehead atoms. The van der Waals surface area contributed by atoms with Gasteiger partial charge in [-0.3, -0.25) is 9.59 Å². The van der Waals surface area contributed by atoms with Gasteiger partial charge in [0.15, 0.2) is 6.10 Å². The molecule has 1 fully saturated rings. The topological polar surface area (TPSA) is 134 Å². The van der Waals surface area contributed by atoms with Gasteiger partial charge >= 0.3 is 11.9 Å². The molecule has 0 amide bonds. The number of esters is 2. The van der Waals surface area contributed by atoms with Crippen LogP contribution in [0.3, 0.4) is 0 Å². The van der Waals surface area contributed by atoms with E-state index in [0.29, 0.717) is 12.8 Å². The second-order valence-electron chi connectivity index (χ2n) is 12.0. The van der Waals surface area contributed by atoms with E-state index in [4.69, 9.17) is 9.47 Å². The number of carbonyl (C=O) groups is 2. The molecule has 0 aliphatic heterocycles. The zero-order chi connectivity index (χ0) is 30.5. The Balaban J connectivity index is 2.30. The average Bonchev–Trinajstić information content (AvgIpc) is 3.20. The molecule has 4 N–H and O–H groups in total. The van der Waals surface area contributed by atoms with Crippen molar-refractivity contribution in [1.29, 1.82) is 0 Å². The molecular weight excluding hydrogens is 524 g/mol. The van der Waals surface area contributed by atoms with Crippen LogP contribution in [-0.4, -0.2) is 70.0 Å². The van der Waals surface area contributed by atoms with Gasteiger partial charge in [0, 0.05) is 18.8 Å². The number of allylic oxidation sites excluding steroid dienone is 1. The van der Waals surface area contributed by atoms with Crippen molar-refractivity contribution >= 4 is 11.9 Å². The first-order chi connectivity index (χ1) is 19.7. The van der Waals surface area contributed by atoms with Gasteiger partial charge < -0.3 is 29.9 Å². The molecule has 238 valence electrons. The van der Waals surface area contributed by atoms with Crippen molar-refractivity contribution in [3.8, 4) is 0 Å². The summed E-state index contributed by atoms with van der Waals surface area (Å²) in [4.78, 5) is 24.2. The lowest BCUT2D eigenvalue weighted by Gasteiger charge is -2.19. The summed E-state index contributed by atoms with van der Waals surface area (Å²) in [6.45, 7) is 5.96. The first kappa shape index (κ1) is 37.3. The van der Waals surface area contributed by atoms with Crippen LogP contribution in [0.5, 0.6) is 0 Å². The highest BCUT2D eigenvalue weighted by atomic mass is 16.6. The van der Waals surface area contributed by atoms with E-state index < -0.39 is 43.0 Å². The summed E-state index contributed by atoms with van der Waals surface area (Å²) in [5.41, 5.74) is 0. The second-order valence-corrected chi connectivity index (χ2v) is 12.0. The number of rotatable bonds is 23. The fourth-order valence-electron chi connectivity index (χ4n) is 5.24. The maximum absolute atomic E-state index is 12.1. The standard InChI is InChI=1S/C33H58O8/c1-4-5-10-16-26(35)20-21-29-28(30(36)22-31(29)37)17-13-14-18-32(38)40-24-27(23-34)41-33(39)19-12-9-7-6-8-11-15-25(2)3/h13-14,20-21,25-31,34-37H,4-12,15-19,22-24H2,1-3H3/b14-13-,21-20+/t26-,27+,28+,29-,30+,31-/m1/s1. The van der Waals surface area contributed by atoms with E-state index in [1.807, 2.05) is 6.08 Å². The largest absolute Gasteiger partial charge is 0.461 e. The zero-order valence-electron chi connectivity index (χ0n) is 25.8. The number of aliphatic hydroxyl groups is 4. The van der Waals surface area contributed by atoms with Crippen LogP contribution >= 0.6 is 0 Å². The predicted molar refractivity (Wildman–Crippen MR) is 161 cm³/mol. The molecule has 6 atom stereocenters. The van der Waals surface area contributed by atoms with Gasteiger partial charge in [-0.2, -0.15) is 0 Å². The molecular formula is C33H58O8. The minimum atomic E-state index is -0.883. The summed E-state index contributed by atoms with van der Waals surface area (Å²) in [5, 5.41) is 40.4. The molecule has 0 unspecified atom stereocenters. The zero-order valence-corrected chi connectivity index (χ0v) is 25.8. The van der Waals surface area contributed by atoms with Gasteiger partial charge in [-0.05, 0) is 31.1 Å². The Hall–Kier alpha value is -1.74. The van der Waals surface area contributed by atoms with Crippen molar-refractivity contribution in [2.24, 2.45) is 17.8 Å². The van der Waals surface area contributed by atoms with E-state index in [1.54, 1.807) is 18.2 Å². The number of hydrogen-bond acceptors (Lipinski definition) is 8. The smallest absolute Gasteiger partial charge is 0.309 e. The van der Waals surface area contributed by atoms with Crippen molar-refractivity contribution in [1.82, 2.24) is 0 Å². The molecule has 8 heteroatoms. The molecule has 0 saturated heterocycles. The Labute approximate surface area is 248 Å². The Morgan fingerprint density at radius 1 is 0.902 bits per heavy atom. The Morgan fingerprint density at radius 2 is 1.59 bits per heavy atom. The van der Waals surface area contributed by atoms with Crippen LogP contribution in [0.4, 0.5) is 0 Å². The summed E-state index contributed by atoms with van der Waals surface area (Å²) in [5.74, 6) is -0.632. The molecule has 0 aromatic rings. The van der Waals surface area contributed by atoms with Crippen molar-refractivity contribution < 1.29 is 39.5 Å². The van der Waals surface area contributed by atoms with Crippen LogP contribution in [0.2, 0.25) is 0 Å². The minimum absolute atomic E-state index is 0.00524. The Bertz CT molecular complexity index is 750. The van der Waals surface area contributed by atoms with Crippen LogP contribution in [0.15, 0.2) is 24.3 Å². The molecule has 1 aliphatic rings. The number of unbranched alkanes of at least 4 members (excludes halogenated alkanes) is 7. The molecule has 1 aliphatic carbocycles. The highest BCUT2D eigenvalue weighted by Crippen LogP contribution is 2.36. The van der Waals surface area contributed by atoms with Crippen molar-refractivity contribution in [3.63, 3.8) is 0 Å². The highest BCUT2D eigenvalue weighted by Gasteiger charge is 2.39. The maximum atomic E-state index is 12.1. The van der Waals surface area contributed by atoms with Gasteiger partial charge in [-0.25, -0.2) is 0 Å². The van der Waals surface area contributed by atoms with Gasteiger partial charge in [-0.1, -0.05) is 103 Å². The number of aliphatic hydroxyl groups excluding tert-OH is 4. The summed E-state index contributed by atoms with van der Waals surface area (Å²) >= 11 is 0. The molecule has 0 aromatic heterocycles. The van der Waals surface area contributed by atoms with E-state index in [2.05, 4.69) is 20.8 Å². The summed E-state index contributed by atoms with van der Waals surface area (Å²) < 4.78 is 10.4. The molecule has 0 heterocycles. The fourth-order valence-corrected chi connectivity index (χ4v) is 5.24. The molecule has 0 spiro atoms. The van der Waals surface area contributed by atoms with Gasteiger partial charge in [0.2, 0.25) is 0 Å². The lowest BCUT2D eigenvalue weighted by molar-refractivity contribution is -0.161. The van der Waals surface area contributed by atoms with E-state index >= 15 is 0 Å². The Morgan fingerprint density at radius 3 is 2.27 bits per heavy atom. The minimum Gasteiger partial charge on any atom is -0.461 e. The van der Waals surface area contributed by atoms with Gasteiger partial charge in [-0.15, -0.1) is 0 Å². The van der Waals surface area contributed by atoms with Crippen LogP contribution in [-0.2, 0) is 19.1 Å². The summed E-state index contributed by atoms with van der Waals surface area (Å²) in [6.07, 6.45) is 16.7. The monoisotopic (exact) mass is 582 g/mol. The number of carbonyl (C=O) groups excluding carboxylic acids is 2. The second kappa shape index (κ2) is 22.8. The SMILES string of the molecule is CCCCC[C@@H](O)/C=C/[C@@H]1[C@H](C/C=C\CC(=O)OC[C@H](CO)OC(=O)CCCCCCCCC(C)C)[C@@H](O)C[C@H]1O. The lowest BCUT2D eigenvalue weighted by Crippen LogP contribution is -2.28. The Kier molecular flexibility index (Phi) is 20.7. The first-order valence-electron chi connectivity index (χ1n) is 16.0. The first-order valence-corrected chi connectivity index (χ1v) is 16.0. The average molecular weight is 583 g/mol. The van der Waals surface area contributed by atoms with Gasteiger partial charge in [0.1, 0.15) is 6.61 Å². The summed E-state index contributed by atoms with van der Waals surface area (Å²) in [6, 6.07) is 0. The van der Waals surface area contributed by atoms with Gasteiger partial charge in [0.05, 0.1) is 31.3 Å². The van der Waals surface area contributed by atoms with E-state index in [9.17, 15) is 30.0 Å². The van der Waals surface area contributed by atoms with E-state index in [1.165, 1.54) is 25.7 Å². The molecule has 0 aromatic carbocycles. The molecule has 1 rings (SSSR count). The number of hydrogen-bond donors (Lipinski definition) is 4. The highest BCUT2D eigenvalue weighted by molar-refractivity contribution is 5.71. The van der Waals surface area contributed by atoms with Crippen molar-refractivity contribution in [3.05, 3.63) is 24.3 Å². The molecule has 1 saturated carbocycles. The van der Waals surface area contributed by atoms with Crippen molar-refractivity contribution in [2.45, 2.75) is 141 Å². The normalized spacial score (nSPS) is 22.5. The van der Waals surface area contributed by atoms with Crippen LogP contribution in [0.25, 0.3) is 0 Å². The van der Waals surface area contributed by atoms with Crippen LogP contribution < -0.4 is 0 Å². The molecule has 0 radical (unpaired) electrons. The maximum Gasteiger partial charge on any atom is 0.309 e. The predicted octanol–water partition coefficient (Wildman–Crippen LogP) is 5.40. The number of ether oxygens (including phenoxy) is 2. The lowest BCUT2D eigenvalue weighted by atomic mass is 9.89. The quantitative estimate of drug-likeness (QED) is 0.0715. The van der Waals surface area contributed by atoms with Crippen LogP contribution in [0, 0.1) is 17.8 Å². The van der Waals surface area contributed by atoms with Crippen molar-refractivity contribution in [2.75, 3.05) is 13.2 Å². The summed E-state index contributed by atoms with van der Waals surface area (Å²) in [7, 11) is 0. The van der Waals surface area contributed by atoms with E-state index in [0.717, 1.165) is 44.4 Å². The van der Waals surface area contributed by atoms with Gasteiger partial charge in [0.25, 0.3) is 0 Å². The van der Waals surface area contributed by atoms with E-state index in [-0.39, 0.29) is 37.7 Å². The third kappa shape index (κ3) is 17.7.